The van der Waals surface area contributed by atoms with Crippen molar-refractivity contribution in [2.45, 2.75) is 39.3 Å². The molecule has 2 heteroatoms. The van der Waals surface area contributed by atoms with Crippen LogP contribution in [-0.2, 0) is 6.54 Å². The quantitative estimate of drug-likeness (QED) is 0.851. The molecule has 0 atom stereocenters. The van der Waals surface area contributed by atoms with E-state index in [2.05, 4.69) is 48.6 Å². The first-order valence-corrected chi connectivity index (χ1v) is 7.82. The molecular weight excluding hydrogens is 258 g/mol. The van der Waals surface area contributed by atoms with Crippen molar-refractivity contribution < 1.29 is 4.74 Å². The Labute approximate surface area is 127 Å². The monoisotopic (exact) mass is 281 g/mol. The number of nitrogens with one attached hydrogen (secondary N) is 1. The van der Waals surface area contributed by atoms with E-state index in [1.807, 2.05) is 13.0 Å². The van der Waals surface area contributed by atoms with Crippen LogP contribution in [0.4, 0.5) is 0 Å². The topological polar surface area (TPSA) is 21.3 Å². The van der Waals surface area contributed by atoms with Gasteiger partial charge in [-0.05, 0) is 61.1 Å². The molecule has 0 saturated heterocycles. The molecule has 3 rings (SSSR count). The molecule has 110 valence electrons. The third kappa shape index (κ3) is 3.64. The molecule has 0 spiro atoms. The Morgan fingerprint density at radius 3 is 2.71 bits per heavy atom. The highest BCUT2D eigenvalue weighted by Gasteiger charge is 2.19. The van der Waals surface area contributed by atoms with Gasteiger partial charge in [0.15, 0.2) is 0 Å². The third-order valence-electron chi connectivity index (χ3n) is 3.92. The van der Waals surface area contributed by atoms with Crippen molar-refractivity contribution in [3.05, 3.63) is 53.6 Å². The Morgan fingerprint density at radius 2 is 2.00 bits per heavy atom. The molecule has 1 N–H and O–H groups in total. The predicted octanol–water partition coefficient (Wildman–Crippen LogP) is 4.31. The Bertz CT molecular complexity index is 617. The van der Waals surface area contributed by atoms with E-state index in [9.17, 15) is 0 Å². The fraction of sp³-hybridized carbons (Fsp3) is 0.368. The molecule has 2 aromatic rings. The Kier molecular flexibility index (Phi) is 4.26. The van der Waals surface area contributed by atoms with Crippen molar-refractivity contribution in [3.8, 4) is 16.9 Å². The maximum atomic E-state index is 5.59. The van der Waals surface area contributed by atoms with E-state index in [0.717, 1.165) is 18.3 Å². The van der Waals surface area contributed by atoms with Crippen molar-refractivity contribution in [2.24, 2.45) is 0 Å². The molecule has 1 fully saturated rings. The van der Waals surface area contributed by atoms with Crippen LogP contribution in [0, 0.1) is 6.92 Å². The van der Waals surface area contributed by atoms with Crippen molar-refractivity contribution in [1.82, 2.24) is 5.32 Å². The summed E-state index contributed by atoms with van der Waals surface area (Å²) < 4.78 is 5.59. The lowest BCUT2D eigenvalue weighted by molar-refractivity contribution is 0.340. The molecule has 1 aliphatic carbocycles. The van der Waals surface area contributed by atoms with Gasteiger partial charge in [-0.2, -0.15) is 0 Å². The van der Waals surface area contributed by atoms with Gasteiger partial charge in [0.2, 0.25) is 0 Å². The van der Waals surface area contributed by atoms with E-state index < -0.39 is 0 Å². The summed E-state index contributed by atoms with van der Waals surface area (Å²) >= 11 is 0. The number of rotatable bonds is 6. The van der Waals surface area contributed by atoms with Gasteiger partial charge in [0, 0.05) is 12.6 Å². The highest BCUT2D eigenvalue weighted by Crippen LogP contribution is 2.28. The minimum atomic E-state index is 0.703. The van der Waals surface area contributed by atoms with Crippen molar-refractivity contribution in [3.63, 3.8) is 0 Å². The Balaban J connectivity index is 1.79. The Morgan fingerprint density at radius 1 is 1.14 bits per heavy atom. The van der Waals surface area contributed by atoms with E-state index in [0.29, 0.717) is 6.61 Å². The molecule has 1 aliphatic rings. The summed E-state index contributed by atoms with van der Waals surface area (Å²) in [4.78, 5) is 0. The first kappa shape index (κ1) is 14.2. The van der Waals surface area contributed by atoms with E-state index >= 15 is 0 Å². The normalized spacial score (nSPS) is 14.2. The lowest BCUT2D eigenvalue weighted by Gasteiger charge is -2.11. The van der Waals surface area contributed by atoms with Crippen LogP contribution in [0.15, 0.2) is 42.5 Å². The van der Waals surface area contributed by atoms with Gasteiger partial charge in [0.05, 0.1) is 6.61 Å². The van der Waals surface area contributed by atoms with E-state index in [-0.39, 0.29) is 0 Å². The van der Waals surface area contributed by atoms with Gasteiger partial charge in [-0.3, -0.25) is 0 Å². The second kappa shape index (κ2) is 6.31. The smallest absolute Gasteiger partial charge is 0.119 e. The summed E-state index contributed by atoms with van der Waals surface area (Å²) in [5.74, 6) is 0.939. The van der Waals surface area contributed by atoms with Crippen LogP contribution in [-0.4, -0.2) is 12.6 Å². The van der Waals surface area contributed by atoms with Crippen LogP contribution in [0.5, 0.6) is 5.75 Å². The molecule has 0 bridgehead atoms. The van der Waals surface area contributed by atoms with Gasteiger partial charge >= 0.3 is 0 Å². The molecule has 2 aromatic carbocycles. The maximum Gasteiger partial charge on any atom is 0.119 e. The molecule has 21 heavy (non-hydrogen) atoms. The molecular formula is C19H23NO. The summed E-state index contributed by atoms with van der Waals surface area (Å²) in [7, 11) is 0. The van der Waals surface area contributed by atoms with Gasteiger partial charge in [-0.25, -0.2) is 0 Å². The summed E-state index contributed by atoms with van der Waals surface area (Å²) in [6.07, 6.45) is 2.67. The number of benzene rings is 2. The zero-order valence-corrected chi connectivity index (χ0v) is 12.9. The first-order valence-electron chi connectivity index (χ1n) is 7.82. The minimum Gasteiger partial charge on any atom is -0.494 e. The van der Waals surface area contributed by atoms with E-state index in [4.69, 9.17) is 4.74 Å². The highest BCUT2D eigenvalue weighted by atomic mass is 16.5. The van der Waals surface area contributed by atoms with Crippen LogP contribution in [0.25, 0.3) is 11.1 Å². The Hall–Kier alpha value is -1.80. The van der Waals surface area contributed by atoms with E-state index in [1.165, 1.54) is 35.1 Å². The zero-order chi connectivity index (χ0) is 14.7. The SMILES string of the molecule is CCOc1cccc(-c2ccc(CNC3CC3)cc2C)c1. The second-order valence-electron chi connectivity index (χ2n) is 5.77. The first-order chi connectivity index (χ1) is 10.3. The lowest BCUT2D eigenvalue weighted by atomic mass is 9.98. The van der Waals surface area contributed by atoms with Crippen molar-refractivity contribution in [1.29, 1.82) is 0 Å². The lowest BCUT2D eigenvalue weighted by Crippen LogP contribution is -2.15. The van der Waals surface area contributed by atoms with Gasteiger partial charge in [-0.1, -0.05) is 30.3 Å². The van der Waals surface area contributed by atoms with Gasteiger partial charge < -0.3 is 10.1 Å². The molecule has 0 radical (unpaired) electrons. The predicted molar refractivity (Wildman–Crippen MR) is 87.6 cm³/mol. The summed E-state index contributed by atoms with van der Waals surface area (Å²) in [5, 5.41) is 3.57. The van der Waals surface area contributed by atoms with Gasteiger partial charge in [0.25, 0.3) is 0 Å². The zero-order valence-electron chi connectivity index (χ0n) is 12.9. The number of aryl methyl sites for hydroxylation is 1. The third-order valence-corrected chi connectivity index (χ3v) is 3.92. The highest BCUT2D eigenvalue weighted by molar-refractivity contribution is 5.68. The van der Waals surface area contributed by atoms with Crippen molar-refractivity contribution in [2.75, 3.05) is 6.61 Å². The van der Waals surface area contributed by atoms with Gasteiger partial charge in [0.1, 0.15) is 5.75 Å². The molecule has 2 nitrogen and oxygen atoms in total. The number of hydrogen-bond donors (Lipinski definition) is 1. The van der Waals surface area contributed by atoms with Crippen LogP contribution in [0.3, 0.4) is 0 Å². The number of ether oxygens (including phenoxy) is 1. The standard InChI is InChI=1S/C19H23NO/c1-3-21-18-6-4-5-16(12-18)19-10-7-15(11-14(19)2)13-20-17-8-9-17/h4-7,10-12,17,20H,3,8-9,13H2,1-2H3. The second-order valence-corrected chi connectivity index (χ2v) is 5.77. The molecule has 0 unspecified atom stereocenters. The average molecular weight is 281 g/mol. The number of hydrogen-bond acceptors (Lipinski definition) is 2. The van der Waals surface area contributed by atoms with Crippen LogP contribution in [0.2, 0.25) is 0 Å². The molecule has 0 amide bonds. The van der Waals surface area contributed by atoms with Crippen LogP contribution < -0.4 is 10.1 Å². The maximum absolute atomic E-state index is 5.59. The minimum absolute atomic E-state index is 0.703. The van der Waals surface area contributed by atoms with Crippen LogP contribution in [0.1, 0.15) is 30.9 Å². The van der Waals surface area contributed by atoms with Crippen LogP contribution >= 0.6 is 0 Å². The summed E-state index contributed by atoms with van der Waals surface area (Å²) in [5.41, 5.74) is 5.19. The molecule has 0 aliphatic heterocycles. The molecule has 1 saturated carbocycles. The molecule has 0 aromatic heterocycles. The summed E-state index contributed by atoms with van der Waals surface area (Å²) in [6, 6.07) is 15.8. The van der Waals surface area contributed by atoms with Gasteiger partial charge in [-0.15, -0.1) is 0 Å². The fourth-order valence-corrected chi connectivity index (χ4v) is 2.63. The summed E-state index contributed by atoms with van der Waals surface area (Å²) in [6.45, 7) is 5.88. The van der Waals surface area contributed by atoms with E-state index in [1.54, 1.807) is 0 Å². The average Bonchev–Trinajstić information content (AvgIpc) is 3.30. The van der Waals surface area contributed by atoms with Crippen molar-refractivity contribution >= 4 is 0 Å². The molecule has 0 heterocycles. The fourth-order valence-electron chi connectivity index (χ4n) is 2.63. The largest absolute Gasteiger partial charge is 0.494 e.